The molecule has 0 aromatic heterocycles. The molecule has 1 atom stereocenters. The summed E-state index contributed by atoms with van der Waals surface area (Å²) in [4.78, 5) is 26.6. The highest BCUT2D eigenvalue weighted by molar-refractivity contribution is 6.30. The first-order valence-corrected chi connectivity index (χ1v) is 9.26. The maximum absolute atomic E-state index is 12.6. The Labute approximate surface area is 173 Å². The minimum atomic E-state index is -0.506. The number of rotatable bonds is 7. The van der Waals surface area contributed by atoms with E-state index in [1.807, 2.05) is 0 Å². The number of anilines is 2. The molecule has 3 rings (SSSR count). The van der Waals surface area contributed by atoms with Crippen LogP contribution < -0.4 is 30.0 Å². The first-order valence-electron chi connectivity index (χ1n) is 8.88. The summed E-state index contributed by atoms with van der Waals surface area (Å²) in [6.07, 6.45) is 0.0969. The van der Waals surface area contributed by atoms with E-state index in [1.54, 1.807) is 36.4 Å². The molecule has 1 unspecified atom stereocenters. The molecule has 0 radical (unpaired) electrons. The van der Waals surface area contributed by atoms with Crippen LogP contribution in [-0.2, 0) is 9.59 Å². The maximum Gasteiger partial charge on any atom is 0.243 e. The summed E-state index contributed by atoms with van der Waals surface area (Å²) in [5.74, 6) is 0.351. The third kappa shape index (κ3) is 4.48. The van der Waals surface area contributed by atoms with Crippen LogP contribution in [0.25, 0.3) is 0 Å². The fraction of sp³-hybridized carbons (Fsp3) is 0.300. The zero-order valence-corrected chi connectivity index (χ0v) is 17.1. The zero-order valence-electron chi connectivity index (χ0n) is 16.3. The van der Waals surface area contributed by atoms with E-state index in [9.17, 15) is 9.59 Å². The predicted octanol–water partition coefficient (Wildman–Crippen LogP) is 2.86. The minimum absolute atomic E-state index is 0.0969. The van der Waals surface area contributed by atoms with Crippen molar-refractivity contribution in [1.29, 1.82) is 0 Å². The highest BCUT2D eigenvalue weighted by Gasteiger charge is 2.36. The Morgan fingerprint density at radius 1 is 1.10 bits per heavy atom. The van der Waals surface area contributed by atoms with Gasteiger partial charge in [0.1, 0.15) is 0 Å². The lowest BCUT2D eigenvalue weighted by molar-refractivity contribution is -0.125. The largest absolute Gasteiger partial charge is 0.493 e. The summed E-state index contributed by atoms with van der Waals surface area (Å²) in [7, 11) is 4.52. The summed E-state index contributed by atoms with van der Waals surface area (Å²) < 4.78 is 16.0. The van der Waals surface area contributed by atoms with E-state index in [-0.39, 0.29) is 24.8 Å². The lowest BCUT2D eigenvalue weighted by Gasteiger charge is -2.20. The molecule has 2 aromatic rings. The number of nitrogens with one attached hydrogen (secondary N) is 2. The number of benzene rings is 2. The Balaban J connectivity index is 1.72. The second-order valence-corrected chi connectivity index (χ2v) is 6.85. The van der Waals surface area contributed by atoms with Crippen molar-refractivity contribution >= 4 is 34.8 Å². The van der Waals surface area contributed by atoms with Gasteiger partial charge in [0, 0.05) is 30.1 Å². The van der Waals surface area contributed by atoms with E-state index < -0.39 is 5.92 Å². The molecule has 29 heavy (non-hydrogen) atoms. The van der Waals surface area contributed by atoms with Crippen molar-refractivity contribution < 1.29 is 23.8 Å². The van der Waals surface area contributed by atoms with E-state index in [0.29, 0.717) is 33.6 Å². The van der Waals surface area contributed by atoms with Crippen molar-refractivity contribution in [3.8, 4) is 17.2 Å². The number of carbonyl (C=O) groups excluding carboxylic acids is 2. The molecular formula is C20H22ClN3O5. The highest BCUT2D eigenvalue weighted by Crippen LogP contribution is 2.42. The molecule has 1 fully saturated rings. The molecule has 1 aliphatic heterocycles. The first kappa shape index (κ1) is 20.6. The van der Waals surface area contributed by atoms with Crippen LogP contribution in [-0.4, -0.2) is 39.7 Å². The Bertz CT molecular complexity index is 896. The number of hydrazine groups is 1. The fourth-order valence-corrected chi connectivity index (χ4v) is 3.35. The predicted molar refractivity (Wildman–Crippen MR) is 110 cm³/mol. The third-order valence-electron chi connectivity index (χ3n) is 4.61. The van der Waals surface area contributed by atoms with Crippen molar-refractivity contribution in [1.82, 2.24) is 5.43 Å². The molecule has 9 heteroatoms. The van der Waals surface area contributed by atoms with Gasteiger partial charge in [-0.2, -0.15) is 0 Å². The molecule has 2 amide bonds. The maximum atomic E-state index is 12.6. The molecule has 0 saturated carbocycles. The van der Waals surface area contributed by atoms with E-state index in [2.05, 4.69) is 10.9 Å². The van der Waals surface area contributed by atoms with Crippen LogP contribution in [0.4, 0.5) is 11.4 Å². The average molecular weight is 420 g/mol. The van der Waals surface area contributed by atoms with Gasteiger partial charge in [0.15, 0.2) is 11.5 Å². The monoisotopic (exact) mass is 419 g/mol. The van der Waals surface area contributed by atoms with Crippen LogP contribution >= 0.6 is 11.6 Å². The third-order valence-corrected chi connectivity index (χ3v) is 4.85. The number of amides is 2. The van der Waals surface area contributed by atoms with Gasteiger partial charge in [-0.15, -0.1) is 0 Å². The summed E-state index contributed by atoms with van der Waals surface area (Å²) in [5.41, 5.74) is 6.66. The van der Waals surface area contributed by atoms with E-state index in [4.69, 9.17) is 25.8 Å². The van der Waals surface area contributed by atoms with Crippen LogP contribution in [0.3, 0.4) is 0 Å². The molecule has 0 bridgehead atoms. The molecule has 1 heterocycles. The lowest BCUT2D eigenvalue weighted by atomic mass is 10.1. The number of hydrogen-bond acceptors (Lipinski definition) is 6. The molecule has 8 nitrogen and oxygen atoms in total. The second kappa shape index (κ2) is 8.91. The van der Waals surface area contributed by atoms with Crippen LogP contribution in [0, 0.1) is 5.92 Å². The van der Waals surface area contributed by atoms with Crippen LogP contribution in [0.5, 0.6) is 17.2 Å². The standard InChI is InChI=1S/C20H22ClN3O5/c1-27-16-9-15(10-17(28-2)19(16)29-3)24-11-12(7-18(24)25)20(26)23-22-14-6-4-5-13(21)8-14/h4-6,8-10,12,22H,7,11H2,1-3H3,(H,23,26). The van der Waals surface area contributed by atoms with Gasteiger partial charge in [0.2, 0.25) is 17.6 Å². The van der Waals surface area contributed by atoms with Gasteiger partial charge in [0.25, 0.3) is 0 Å². The van der Waals surface area contributed by atoms with Crippen molar-refractivity contribution in [3.63, 3.8) is 0 Å². The Hall–Kier alpha value is -3.13. The molecular weight excluding hydrogens is 398 g/mol. The van der Waals surface area contributed by atoms with Crippen LogP contribution in [0.1, 0.15) is 6.42 Å². The van der Waals surface area contributed by atoms with E-state index >= 15 is 0 Å². The second-order valence-electron chi connectivity index (χ2n) is 6.41. The summed E-state index contributed by atoms with van der Waals surface area (Å²) in [5, 5.41) is 0.550. The van der Waals surface area contributed by atoms with Gasteiger partial charge in [0.05, 0.1) is 38.6 Å². The Kier molecular flexibility index (Phi) is 6.33. The number of carbonyl (C=O) groups is 2. The number of hydrogen-bond donors (Lipinski definition) is 2. The van der Waals surface area contributed by atoms with E-state index in [0.717, 1.165) is 0 Å². The van der Waals surface area contributed by atoms with Gasteiger partial charge in [-0.1, -0.05) is 17.7 Å². The summed E-state index contributed by atoms with van der Waals surface area (Å²) >= 11 is 5.93. The van der Waals surface area contributed by atoms with Crippen molar-refractivity contribution in [2.24, 2.45) is 5.92 Å². The number of ether oxygens (including phenoxy) is 3. The fourth-order valence-electron chi connectivity index (χ4n) is 3.16. The molecule has 0 spiro atoms. The normalized spacial score (nSPS) is 15.8. The van der Waals surface area contributed by atoms with Crippen LogP contribution in [0.2, 0.25) is 5.02 Å². The highest BCUT2D eigenvalue weighted by atomic mass is 35.5. The molecule has 2 aromatic carbocycles. The minimum Gasteiger partial charge on any atom is -0.493 e. The molecule has 1 saturated heterocycles. The molecule has 2 N–H and O–H groups in total. The zero-order chi connectivity index (χ0) is 21.0. The quantitative estimate of drug-likeness (QED) is 0.671. The molecule has 154 valence electrons. The molecule has 1 aliphatic rings. The molecule has 0 aliphatic carbocycles. The van der Waals surface area contributed by atoms with Gasteiger partial charge >= 0.3 is 0 Å². The van der Waals surface area contributed by atoms with Gasteiger partial charge < -0.3 is 19.1 Å². The van der Waals surface area contributed by atoms with Crippen LogP contribution in [0.15, 0.2) is 36.4 Å². The van der Waals surface area contributed by atoms with Gasteiger partial charge in [-0.25, -0.2) is 0 Å². The SMILES string of the molecule is COc1cc(N2CC(C(=O)NNc3cccc(Cl)c3)CC2=O)cc(OC)c1OC. The summed E-state index contributed by atoms with van der Waals surface area (Å²) in [6.45, 7) is 0.237. The van der Waals surface area contributed by atoms with E-state index in [1.165, 1.54) is 26.2 Å². The Morgan fingerprint density at radius 2 is 1.79 bits per heavy atom. The van der Waals surface area contributed by atoms with Gasteiger partial charge in [-0.05, 0) is 18.2 Å². The number of methoxy groups -OCH3 is 3. The van der Waals surface area contributed by atoms with Crippen molar-refractivity contribution in [2.45, 2.75) is 6.42 Å². The summed E-state index contributed by atoms with van der Waals surface area (Å²) in [6, 6.07) is 10.3. The Morgan fingerprint density at radius 3 is 2.38 bits per heavy atom. The van der Waals surface area contributed by atoms with Crippen molar-refractivity contribution in [2.75, 3.05) is 38.2 Å². The smallest absolute Gasteiger partial charge is 0.243 e. The average Bonchev–Trinajstić information content (AvgIpc) is 3.12. The van der Waals surface area contributed by atoms with Gasteiger partial charge in [-0.3, -0.25) is 20.4 Å². The number of nitrogens with zero attached hydrogens (tertiary/aromatic N) is 1. The first-order chi connectivity index (χ1) is 14.0. The lowest BCUT2D eigenvalue weighted by Crippen LogP contribution is -2.36. The van der Waals surface area contributed by atoms with Crippen molar-refractivity contribution in [3.05, 3.63) is 41.4 Å². The number of halogens is 1. The topological polar surface area (TPSA) is 89.1 Å².